The van der Waals surface area contributed by atoms with Gasteiger partial charge in [0.25, 0.3) is 0 Å². The third kappa shape index (κ3) is 0.965. The highest BCUT2D eigenvalue weighted by Gasteiger charge is 2.51. The quantitative estimate of drug-likeness (QED) is 0.441. The van der Waals surface area contributed by atoms with E-state index in [1.165, 1.54) is 0 Å². The van der Waals surface area contributed by atoms with E-state index in [4.69, 9.17) is 5.26 Å². The smallest absolute Gasteiger partial charge is 0.177 e. The molecular formula is C8H14N2. The van der Waals surface area contributed by atoms with Crippen molar-refractivity contribution < 1.29 is 0 Å². The molecule has 0 saturated heterocycles. The van der Waals surface area contributed by atoms with Crippen LogP contribution in [0.1, 0.15) is 33.6 Å². The third-order valence-electron chi connectivity index (χ3n) is 2.48. The molecule has 0 aliphatic heterocycles. The Morgan fingerprint density at radius 3 is 2.00 bits per heavy atom. The fourth-order valence-corrected chi connectivity index (χ4v) is 1.29. The van der Waals surface area contributed by atoms with Gasteiger partial charge in [-0.1, -0.05) is 20.8 Å². The van der Waals surface area contributed by atoms with E-state index < -0.39 is 0 Å². The van der Waals surface area contributed by atoms with Gasteiger partial charge in [-0.3, -0.25) is 0 Å². The highest BCUT2D eigenvalue weighted by atomic mass is 15.0. The van der Waals surface area contributed by atoms with Crippen molar-refractivity contribution in [1.29, 1.82) is 5.26 Å². The lowest BCUT2D eigenvalue weighted by Gasteiger charge is -2.29. The highest BCUT2D eigenvalue weighted by Crippen LogP contribution is 2.49. The van der Waals surface area contributed by atoms with Crippen LogP contribution in [0.4, 0.5) is 0 Å². The van der Waals surface area contributed by atoms with Gasteiger partial charge in [0.1, 0.15) is 0 Å². The summed E-state index contributed by atoms with van der Waals surface area (Å²) in [6.45, 7) is 6.51. The minimum absolute atomic E-state index is 0.127. The second-order valence-electron chi connectivity index (χ2n) is 4.07. The number of hydrogen-bond donors (Lipinski definition) is 1. The lowest BCUT2D eigenvalue weighted by Crippen LogP contribution is -2.40. The first-order chi connectivity index (χ1) is 4.52. The maximum absolute atomic E-state index is 8.44. The van der Waals surface area contributed by atoms with Gasteiger partial charge in [-0.15, -0.1) is 0 Å². The van der Waals surface area contributed by atoms with Crippen LogP contribution in [0, 0.1) is 16.9 Å². The Kier molecular flexibility index (Phi) is 1.39. The standard InChI is InChI=1S/C8H14N2/c1-7(2,3)8(4-5-8)10-6-9/h10H,4-5H2,1-3H3. The topological polar surface area (TPSA) is 35.8 Å². The molecule has 0 spiro atoms. The summed E-state index contributed by atoms with van der Waals surface area (Å²) in [5, 5.41) is 11.3. The summed E-state index contributed by atoms with van der Waals surface area (Å²) in [7, 11) is 0. The summed E-state index contributed by atoms with van der Waals surface area (Å²) in [6.07, 6.45) is 4.31. The van der Waals surface area contributed by atoms with Gasteiger partial charge in [-0.2, -0.15) is 5.26 Å². The minimum Gasteiger partial charge on any atom is -0.317 e. The lowest BCUT2D eigenvalue weighted by molar-refractivity contribution is 0.271. The molecule has 0 unspecified atom stereocenters. The van der Waals surface area contributed by atoms with Crippen LogP contribution in [0.5, 0.6) is 0 Å². The van der Waals surface area contributed by atoms with Crippen molar-refractivity contribution in [3.63, 3.8) is 0 Å². The van der Waals surface area contributed by atoms with Gasteiger partial charge in [0.05, 0.1) is 5.54 Å². The molecule has 1 aliphatic rings. The van der Waals surface area contributed by atoms with E-state index in [1.807, 2.05) is 6.19 Å². The number of hydrogen-bond acceptors (Lipinski definition) is 2. The van der Waals surface area contributed by atoms with Gasteiger partial charge in [0.2, 0.25) is 0 Å². The van der Waals surface area contributed by atoms with Crippen LogP contribution in [-0.2, 0) is 0 Å². The van der Waals surface area contributed by atoms with E-state index in [1.54, 1.807) is 0 Å². The van der Waals surface area contributed by atoms with Gasteiger partial charge in [0, 0.05) is 0 Å². The first kappa shape index (κ1) is 7.40. The van der Waals surface area contributed by atoms with Gasteiger partial charge in [0.15, 0.2) is 6.19 Å². The molecule has 1 rings (SSSR count). The maximum Gasteiger partial charge on any atom is 0.177 e. The molecule has 1 fully saturated rings. The molecule has 0 radical (unpaired) electrons. The zero-order valence-corrected chi connectivity index (χ0v) is 6.86. The third-order valence-corrected chi connectivity index (χ3v) is 2.48. The summed E-state index contributed by atoms with van der Waals surface area (Å²) in [4.78, 5) is 0. The average molecular weight is 138 g/mol. The first-order valence-corrected chi connectivity index (χ1v) is 3.68. The van der Waals surface area contributed by atoms with Crippen molar-refractivity contribution in [2.24, 2.45) is 5.41 Å². The molecule has 0 atom stereocenters. The Morgan fingerprint density at radius 2 is 1.90 bits per heavy atom. The summed E-state index contributed by atoms with van der Waals surface area (Å²) in [5.41, 5.74) is 0.352. The molecule has 10 heavy (non-hydrogen) atoms. The number of nitrogens with zero attached hydrogens (tertiary/aromatic N) is 1. The van der Waals surface area contributed by atoms with Crippen LogP contribution in [-0.4, -0.2) is 5.54 Å². The van der Waals surface area contributed by atoms with Crippen molar-refractivity contribution in [3.05, 3.63) is 0 Å². The molecule has 0 heterocycles. The SMILES string of the molecule is CC(C)(C)C1(NC#N)CC1. The van der Waals surface area contributed by atoms with Crippen molar-refractivity contribution in [2.75, 3.05) is 0 Å². The summed E-state index contributed by atoms with van der Waals surface area (Å²) in [6, 6.07) is 0. The second-order valence-corrected chi connectivity index (χ2v) is 4.07. The highest BCUT2D eigenvalue weighted by molar-refractivity contribution is 5.12. The molecule has 1 N–H and O–H groups in total. The second kappa shape index (κ2) is 1.88. The maximum atomic E-state index is 8.44. The van der Waals surface area contributed by atoms with E-state index in [0.717, 1.165) is 12.8 Å². The fraction of sp³-hybridized carbons (Fsp3) is 0.875. The molecule has 0 amide bonds. The van der Waals surface area contributed by atoms with Crippen molar-refractivity contribution >= 4 is 0 Å². The van der Waals surface area contributed by atoms with E-state index in [-0.39, 0.29) is 11.0 Å². The normalized spacial score (nSPS) is 21.4. The predicted octanol–water partition coefficient (Wildman–Crippen LogP) is 1.64. The van der Waals surface area contributed by atoms with Crippen LogP contribution in [0.25, 0.3) is 0 Å². The first-order valence-electron chi connectivity index (χ1n) is 3.68. The monoisotopic (exact) mass is 138 g/mol. The van der Waals surface area contributed by atoms with Crippen LogP contribution in [0.2, 0.25) is 0 Å². The summed E-state index contributed by atoms with van der Waals surface area (Å²) < 4.78 is 0. The van der Waals surface area contributed by atoms with E-state index in [2.05, 4.69) is 26.1 Å². The lowest BCUT2D eigenvalue weighted by atomic mass is 9.84. The van der Waals surface area contributed by atoms with Crippen molar-refractivity contribution in [1.82, 2.24) is 5.32 Å². The van der Waals surface area contributed by atoms with Crippen LogP contribution >= 0.6 is 0 Å². The Hall–Kier alpha value is -0.710. The van der Waals surface area contributed by atoms with E-state index in [0.29, 0.717) is 0 Å². The molecule has 0 aromatic rings. The van der Waals surface area contributed by atoms with Crippen LogP contribution < -0.4 is 5.32 Å². The molecule has 2 heteroatoms. The van der Waals surface area contributed by atoms with Crippen molar-refractivity contribution in [3.8, 4) is 6.19 Å². The summed E-state index contributed by atoms with van der Waals surface area (Å²) >= 11 is 0. The van der Waals surface area contributed by atoms with Crippen molar-refractivity contribution in [2.45, 2.75) is 39.2 Å². The average Bonchev–Trinajstić information content (AvgIpc) is 2.45. The molecule has 1 aliphatic carbocycles. The molecule has 0 bridgehead atoms. The molecule has 0 aromatic heterocycles. The van der Waals surface area contributed by atoms with Gasteiger partial charge in [-0.25, -0.2) is 0 Å². The molecule has 2 nitrogen and oxygen atoms in total. The Balaban J connectivity index is 2.63. The Morgan fingerprint density at radius 1 is 1.40 bits per heavy atom. The van der Waals surface area contributed by atoms with E-state index in [9.17, 15) is 0 Å². The Labute approximate surface area is 62.2 Å². The van der Waals surface area contributed by atoms with Gasteiger partial charge >= 0.3 is 0 Å². The Bertz CT molecular complexity index is 167. The van der Waals surface area contributed by atoms with Crippen LogP contribution in [0.15, 0.2) is 0 Å². The predicted molar refractivity (Wildman–Crippen MR) is 40.2 cm³/mol. The molecule has 56 valence electrons. The zero-order chi connectivity index (χ0) is 7.83. The van der Waals surface area contributed by atoms with Gasteiger partial charge < -0.3 is 5.32 Å². The number of nitriles is 1. The summed E-state index contributed by atoms with van der Waals surface area (Å²) in [5.74, 6) is 0. The number of rotatable bonds is 1. The molecule has 0 aromatic carbocycles. The minimum atomic E-state index is 0.127. The molecule has 1 saturated carbocycles. The van der Waals surface area contributed by atoms with Gasteiger partial charge in [-0.05, 0) is 18.3 Å². The fourth-order valence-electron chi connectivity index (χ4n) is 1.29. The van der Waals surface area contributed by atoms with Crippen LogP contribution in [0.3, 0.4) is 0 Å². The largest absolute Gasteiger partial charge is 0.317 e. The number of nitrogens with one attached hydrogen (secondary N) is 1. The molecular weight excluding hydrogens is 124 g/mol. The van der Waals surface area contributed by atoms with E-state index >= 15 is 0 Å². The zero-order valence-electron chi connectivity index (χ0n) is 6.86.